The number of fused-ring (bicyclic) bond motifs is 2. The summed E-state index contributed by atoms with van der Waals surface area (Å²) in [6.45, 7) is 5.29. The first kappa shape index (κ1) is 24.8. The number of halogens is 1. The second-order valence-electron chi connectivity index (χ2n) is 7.93. The number of allylic oxidation sites excluding steroid dienone is 2. The maximum atomic E-state index is 13.6. The smallest absolute Gasteiger partial charge is 0.341 e. The van der Waals surface area contributed by atoms with Crippen molar-refractivity contribution in [3.8, 4) is 11.5 Å². The number of carbonyl (C=O) groups excluding carboxylic acids is 2. The van der Waals surface area contributed by atoms with E-state index >= 15 is 0 Å². The van der Waals surface area contributed by atoms with E-state index in [2.05, 4.69) is 5.32 Å². The second kappa shape index (κ2) is 10.1. The lowest BCUT2D eigenvalue weighted by molar-refractivity contribution is -0.140. The molecule has 1 atom stereocenters. The number of ether oxygens (including phenoxy) is 3. The van der Waals surface area contributed by atoms with E-state index in [1.165, 1.54) is 0 Å². The van der Waals surface area contributed by atoms with Crippen LogP contribution in [-0.4, -0.2) is 42.6 Å². The third kappa shape index (κ3) is 4.52. The average Bonchev–Trinajstić information content (AvgIpc) is 3.09. The second-order valence-corrected chi connectivity index (χ2v) is 9.09. The number of ketones is 1. The Morgan fingerprint density at radius 3 is 2.46 bits per heavy atom. The Morgan fingerprint density at radius 1 is 1.09 bits per heavy atom. The number of rotatable bonds is 8. The molecule has 0 saturated carbocycles. The summed E-state index contributed by atoms with van der Waals surface area (Å²) in [7, 11) is 0. The van der Waals surface area contributed by atoms with Crippen molar-refractivity contribution in [2.45, 2.75) is 26.7 Å². The Hall–Kier alpha value is -3.34. The van der Waals surface area contributed by atoms with E-state index in [1.807, 2.05) is 34.7 Å². The first-order valence-electron chi connectivity index (χ1n) is 11.1. The number of benzene rings is 2. The predicted molar refractivity (Wildman–Crippen MR) is 136 cm³/mol. The molecule has 35 heavy (non-hydrogen) atoms. The molecule has 182 valence electrons. The third-order valence-corrected chi connectivity index (χ3v) is 6.55. The quantitative estimate of drug-likeness (QED) is 0.347. The number of aliphatic carboxylic acids is 1. The molecule has 0 spiro atoms. The lowest BCUT2D eigenvalue weighted by atomic mass is 9.79. The zero-order valence-corrected chi connectivity index (χ0v) is 21.6. The molecule has 0 radical (unpaired) electrons. The first-order chi connectivity index (χ1) is 16.8. The predicted octanol–water partition coefficient (Wildman–Crippen LogP) is 4.28. The Balaban J connectivity index is 1.91. The van der Waals surface area contributed by atoms with Crippen molar-refractivity contribution in [3.63, 3.8) is 0 Å². The van der Waals surface area contributed by atoms with Crippen LogP contribution in [0.5, 0.6) is 11.5 Å². The minimum Gasteiger partial charge on any atom is -0.490 e. The number of nitrogens with one attached hydrogen (secondary N) is 1. The van der Waals surface area contributed by atoms with Crippen LogP contribution in [0, 0.1) is 3.57 Å². The monoisotopic (exact) mass is 589 g/mol. The van der Waals surface area contributed by atoms with Crippen molar-refractivity contribution < 1.29 is 33.7 Å². The summed E-state index contributed by atoms with van der Waals surface area (Å²) in [4.78, 5) is 37.8. The van der Waals surface area contributed by atoms with E-state index in [-0.39, 0.29) is 12.4 Å². The molecule has 2 aromatic carbocycles. The van der Waals surface area contributed by atoms with Crippen molar-refractivity contribution in [1.29, 1.82) is 0 Å². The summed E-state index contributed by atoms with van der Waals surface area (Å²) < 4.78 is 17.2. The molecule has 4 rings (SSSR count). The van der Waals surface area contributed by atoms with Crippen molar-refractivity contribution in [2.75, 3.05) is 19.8 Å². The third-order valence-electron chi connectivity index (χ3n) is 5.75. The van der Waals surface area contributed by atoms with Crippen molar-refractivity contribution in [2.24, 2.45) is 0 Å². The van der Waals surface area contributed by atoms with Gasteiger partial charge in [-0.1, -0.05) is 24.3 Å². The Morgan fingerprint density at radius 2 is 1.80 bits per heavy atom. The molecule has 0 unspecified atom stereocenters. The number of carbonyl (C=O) groups is 3. The molecular weight excluding hydrogens is 565 g/mol. The van der Waals surface area contributed by atoms with Crippen LogP contribution < -0.4 is 14.8 Å². The first-order valence-corrected chi connectivity index (χ1v) is 12.2. The minimum absolute atomic E-state index is 0.165. The van der Waals surface area contributed by atoms with E-state index < -0.39 is 24.5 Å². The summed E-state index contributed by atoms with van der Waals surface area (Å²) in [5.41, 5.74) is 4.03. The number of hydrogen-bond donors (Lipinski definition) is 2. The van der Waals surface area contributed by atoms with Gasteiger partial charge in [-0.15, -0.1) is 0 Å². The maximum Gasteiger partial charge on any atom is 0.341 e. The SMILES string of the molecule is CCOC(=O)C1=C(C)NC2=C(C(=O)c3ccccc32)[C@@H]1c1cc(I)c(OCC(=O)O)c(OCC)c1. The molecule has 1 aliphatic heterocycles. The van der Waals surface area contributed by atoms with E-state index in [1.54, 1.807) is 45.0 Å². The molecule has 1 heterocycles. The van der Waals surface area contributed by atoms with Gasteiger partial charge >= 0.3 is 11.9 Å². The largest absolute Gasteiger partial charge is 0.490 e. The molecule has 0 bridgehead atoms. The highest BCUT2D eigenvalue weighted by Crippen LogP contribution is 2.48. The molecular formula is C26H24INO7. The van der Waals surface area contributed by atoms with Gasteiger partial charge in [0.05, 0.1) is 28.1 Å². The van der Waals surface area contributed by atoms with Crippen LogP contribution >= 0.6 is 22.6 Å². The summed E-state index contributed by atoms with van der Waals surface area (Å²) >= 11 is 2.04. The van der Waals surface area contributed by atoms with Crippen molar-refractivity contribution in [1.82, 2.24) is 5.32 Å². The van der Waals surface area contributed by atoms with E-state index in [0.29, 0.717) is 55.3 Å². The van der Waals surface area contributed by atoms with E-state index in [0.717, 1.165) is 5.56 Å². The van der Waals surface area contributed by atoms with Gasteiger partial charge in [0, 0.05) is 28.3 Å². The lowest BCUT2D eigenvalue weighted by Gasteiger charge is -2.30. The van der Waals surface area contributed by atoms with Gasteiger partial charge in [-0.2, -0.15) is 0 Å². The zero-order valence-electron chi connectivity index (χ0n) is 19.4. The lowest BCUT2D eigenvalue weighted by Crippen LogP contribution is -2.29. The number of hydrogen-bond acceptors (Lipinski definition) is 7. The highest BCUT2D eigenvalue weighted by Gasteiger charge is 2.43. The Bertz CT molecular complexity index is 1290. The molecule has 2 N–H and O–H groups in total. The summed E-state index contributed by atoms with van der Waals surface area (Å²) in [6, 6.07) is 10.8. The normalized spacial score (nSPS) is 16.5. The van der Waals surface area contributed by atoms with Crippen LogP contribution in [0.1, 0.15) is 48.2 Å². The molecule has 2 aromatic rings. The number of dihydropyridines is 1. The molecule has 0 aromatic heterocycles. The highest BCUT2D eigenvalue weighted by molar-refractivity contribution is 14.1. The van der Waals surface area contributed by atoms with Gasteiger partial charge in [0.25, 0.3) is 0 Å². The van der Waals surface area contributed by atoms with Crippen molar-refractivity contribution in [3.05, 3.63) is 73.5 Å². The average molecular weight is 589 g/mol. The van der Waals surface area contributed by atoms with Crippen LogP contribution in [0.25, 0.3) is 5.70 Å². The number of carboxylic acid groups (broad SMARTS) is 1. The molecule has 0 saturated heterocycles. The molecule has 1 aliphatic carbocycles. The van der Waals surface area contributed by atoms with Gasteiger partial charge in [-0.3, -0.25) is 4.79 Å². The fourth-order valence-electron chi connectivity index (χ4n) is 4.43. The molecule has 8 nitrogen and oxygen atoms in total. The number of carboxylic acids is 1. The highest BCUT2D eigenvalue weighted by atomic mass is 127. The van der Waals surface area contributed by atoms with E-state index in [9.17, 15) is 14.4 Å². The van der Waals surface area contributed by atoms with Gasteiger partial charge < -0.3 is 24.6 Å². The van der Waals surface area contributed by atoms with Gasteiger partial charge in [0.15, 0.2) is 23.9 Å². The van der Waals surface area contributed by atoms with Crippen LogP contribution in [0.2, 0.25) is 0 Å². The topological polar surface area (TPSA) is 111 Å². The van der Waals surface area contributed by atoms with Crippen LogP contribution in [0.3, 0.4) is 0 Å². The van der Waals surface area contributed by atoms with Crippen molar-refractivity contribution >= 4 is 46.0 Å². The van der Waals surface area contributed by atoms with Gasteiger partial charge in [-0.25, -0.2) is 9.59 Å². The summed E-state index contributed by atoms with van der Waals surface area (Å²) in [5.74, 6) is -1.88. The standard InChI is InChI=1S/C26H24INO7/c1-4-33-18-11-14(10-17(27)25(18)35-12-19(29)30)21-20(26(32)34-5-2)13(3)28-23-15-8-6-7-9-16(15)24(31)22(21)23/h6-11,21,28H,4-5,12H2,1-3H3,(H,29,30)/t21-/m1/s1. The van der Waals surface area contributed by atoms with Gasteiger partial charge in [0.1, 0.15) is 0 Å². The Labute approximate surface area is 216 Å². The molecule has 2 aliphatic rings. The molecule has 0 amide bonds. The van der Waals surface area contributed by atoms with E-state index in [4.69, 9.17) is 19.3 Å². The van der Waals surface area contributed by atoms with Crippen LogP contribution in [-0.2, 0) is 14.3 Å². The summed E-state index contributed by atoms with van der Waals surface area (Å²) in [6.07, 6.45) is 0. The van der Waals surface area contributed by atoms with Gasteiger partial charge in [-0.05, 0) is 61.1 Å². The zero-order chi connectivity index (χ0) is 25.3. The number of Topliss-reactive ketones (excluding diaryl/α,β-unsaturated/α-hetero) is 1. The Kier molecular flexibility index (Phi) is 7.15. The van der Waals surface area contributed by atoms with Gasteiger partial charge in [0.2, 0.25) is 0 Å². The van der Waals surface area contributed by atoms with Crippen LogP contribution in [0.15, 0.2) is 53.2 Å². The maximum absolute atomic E-state index is 13.6. The molecule has 9 heteroatoms. The fourth-order valence-corrected chi connectivity index (χ4v) is 5.21. The number of esters is 1. The van der Waals surface area contributed by atoms with Crippen LogP contribution in [0.4, 0.5) is 0 Å². The minimum atomic E-state index is -1.11. The fraction of sp³-hybridized carbons (Fsp3) is 0.269. The summed E-state index contributed by atoms with van der Waals surface area (Å²) in [5, 5.41) is 12.3. The molecule has 0 fully saturated rings.